The van der Waals surface area contributed by atoms with Crippen LogP contribution in [0.3, 0.4) is 0 Å². The summed E-state index contributed by atoms with van der Waals surface area (Å²) in [5, 5.41) is 3.47. The number of nitrogens with one attached hydrogen (secondary N) is 1. The maximum Gasteiger partial charge on any atom is 0.230 e. The van der Waals surface area contributed by atoms with Gasteiger partial charge in [-0.25, -0.2) is 0 Å². The molecule has 2 heterocycles. The molecule has 3 aliphatic rings. The van der Waals surface area contributed by atoms with E-state index in [2.05, 4.69) is 10.2 Å². The zero-order valence-corrected chi connectivity index (χ0v) is 12.0. The molecule has 4 heteroatoms. The molecule has 0 aromatic heterocycles. The van der Waals surface area contributed by atoms with Crippen LogP contribution in [0.2, 0.25) is 0 Å². The highest BCUT2D eigenvalue weighted by Gasteiger charge is 2.52. The average Bonchev–Trinajstić information content (AvgIpc) is 3.05. The second-order valence-corrected chi connectivity index (χ2v) is 6.59. The molecular weight excluding hydrogens is 240 g/mol. The van der Waals surface area contributed by atoms with Crippen LogP contribution in [0, 0.1) is 17.3 Å². The lowest BCUT2D eigenvalue weighted by molar-refractivity contribution is -0.144. The van der Waals surface area contributed by atoms with E-state index in [4.69, 9.17) is 4.74 Å². The Morgan fingerprint density at radius 1 is 1.42 bits per heavy atom. The molecule has 3 atom stereocenters. The Morgan fingerprint density at radius 3 is 3.16 bits per heavy atom. The Labute approximate surface area is 115 Å². The molecule has 1 unspecified atom stereocenters. The molecular formula is C15H26N2O2. The predicted octanol–water partition coefficient (Wildman–Crippen LogP) is 1.26. The van der Waals surface area contributed by atoms with Gasteiger partial charge in [0.1, 0.15) is 0 Å². The first-order valence-corrected chi connectivity index (χ1v) is 7.75. The molecule has 3 rings (SSSR count). The van der Waals surface area contributed by atoms with Crippen molar-refractivity contribution in [3.8, 4) is 0 Å². The normalized spacial score (nSPS) is 38.5. The number of likely N-dealkylation sites (tertiary alicyclic amines) is 1. The summed E-state index contributed by atoms with van der Waals surface area (Å²) < 4.78 is 5.23. The molecule has 0 spiro atoms. The lowest BCUT2D eigenvalue weighted by Crippen LogP contribution is -2.49. The number of carbonyl (C=O) groups is 1. The van der Waals surface area contributed by atoms with Crippen LogP contribution in [0.4, 0.5) is 0 Å². The summed E-state index contributed by atoms with van der Waals surface area (Å²) in [5.74, 6) is 1.55. The van der Waals surface area contributed by atoms with Crippen LogP contribution < -0.4 is 5.32 Å². The highest BCUT2D eigenvalue weighted by Crippen LogP contribution is 2.45. The van der Waals surface area contributed by atoms with Crippen molar-refractivity contribution in [1.29, 1.82) is 0 Å². The number of hydrogen-bond acceptors (Lipinski definition) is 3. The topological polar surface area (TPSA) is 41.6 Å². The fraction of sp³-hybridized carbons (Fsp3) is 0.933. The number of rotatable bonds is 3. The molecule has 1 aliphatic carbocycles. The van der Waals surface area contributed by atoms with Gasteiger partial charge in [0.2, 0.25) is 5.91 Å². The third kappa shape index (κ3) is 2.29. The minimum atomic E-state index is -0.0692. The minimum Gasteiger partial charge on any atom is -0.384 e. The van der Waals surface area contributed by atoms with Gasteiger partial charge in [0.25, 0.3) is 0 Å². The van der Waals surface area contributed by atoms with E-state index in [9.17, 15) is 4.79 Å². The van der Waals surface area contributed by atoms with Crippen LogP contribution in [-0.4, -0.2) is 50.7 Å². The number of carbonyl (C=O) groups excluding carboxylic acids is 1. The molecule has 108 valence electrons. The fourth-order valence-corrected chi connectivity index (χ4v) is 4.37. The monoisotopic (exact) mass is 266 g/mol. The fourth-order valence-electron chi connectivity index (χ4n) is 4.37. The van der Waals surface area contributed by atoms with Gasteiger partial charge in [0.05, 0.1) is 12.0 Å². The van der Waals surface area contributed by atoms with Gasteiger partial charge in [-0.15, -0.1) is 0 Å². The van der Waals surface area contributed by atoms with E-state index in [1.165, 1.54) is 19.3 Å². The van der Waals surface area contributed by atoms with Crippen LogP contribution in [-0.2, 0) is 9.53 Å². The van der Waals surface area contributed by atoms with Crippen LogP contribution >= 0.6 is 0 Å². The van der Waals surface area contributed by atoms with Gasteiger partial charge in [0, 0.05) is 32.7 Å². The van der Waals surface area contributed by atoms with Crippen molar-refractivity contribution < 1.29 is 9.53 Å². The molecule has 0 bridgehead atoms. The maximum atomic E-state index is 13.0. The zero-order chi connectivity index (χ0) is 13.3. The average molecular weight is 266 g/mol. The van der Waals surface area contributed by atoms with E-state index in [1.807, 2.05) is 0 Å². The summed E-state index contributed by atoms with van der Waals surface area (Å²) >= 11 is 0. The predicted molar refractivity (Wildman–Crippen MR) is 73.8 cm³/mol. The van der Waals surface area contributed by atoms with Crippen LogP contribution in [0.25, 0.3) is 0 Å². The second kappa shape index (κ2) is 5.41. The summed E-state index contributed by atoms with van der Waals surface area (Å²) in [6.07, 6.45) is 5.95. The molecule has 19 heavy (non-hydrogen) atoms. The van der Waals surface area contributed by atoms with Crippen molar-refractivity contribution in [2.75, 3.05) is 39.9 Å². The highest BCUT2D eigenvalue weighted by atomic mass is 16.5. The lowest BCUT2D eigenvalue weighted by Gasteiger charge is -2.39. The number of ether oxygens (including phenoxy) is 1. The van der Waals surface area contributed by atoms with E-state index in [0.29, 0.717) is 17.7 Å². The highest BCUT2D eigenvalue weighted by molar-refractivity contribution is 5.84. The third-order valence-electron chi connectivity index (χ3n) is 5.44. The van der Waals surface area contributed by atoms with Crippen LogP contribution in [0.15, 0.2) is 0 Å². The number of nitrogens with zero attached hydrogens (tertiary/aromatic N) is 1. The van der Waals surface area contributed by atoms with Crippen molar-refractivity contribution in [3.63, 3.8) is 0 Å². The number of hydrogen-bond donors (Lipinski definition) is 1. The minimum absolute atomic E-state index is 0.0692. The molecule has 0 aromatic carbocycles. The standard InChI is InChI=1S/C15H26N2O2/c1-19-10-12-5-7-17(9-12)14(18)15-6-3-2-4-13(15)8-16-11-15/h12-13,16H,2-11H2,1H3/t12?,13-,15+/m0/s1. The molecule has 1 amide bonds. The Bertz CT molecular complexity index is 347. The molecule has 1 saturated carbocycles. The van der Waals surface area contributed by atoms with E-state index >= 15 is 0 Å². The molecule has 3 fully saturated rings. The third-order valence-corrected chi connectivity index (χ3v) is 5.44. The first-order valence-electron chi connectivity index (χ1n) is 7.75. The number of fused-ring (bicyclic) bond motifs is 1. The SMILES string of the molecule is COCC1CCN(C(=O)[C@@]23CCCC[C@H]2CNC3)C1. The van der Waals surface area contributed by atoms with Gasteiger partial charge in [-0.1, -0.05) is 12.8 Å². The Balaban J connectivity index is 1.69. The van der Waals surface area contributed by atoms with Gasteiger partial charge in [-0.2, -0.15) is 0 Å². The summed E-state index contributed by atoms with van der Waals surface area (Å²) in [5.41, 5.74) is -0.0692. The molecule has 4 nitrogen and oxygen atoms in total. The smallest absolute Gasteiger partial charge is 0.230 e. The summed E-state index contributed by atoms with van der Waals surface area (Å²) in [6.45, 7) is 4.57. The summed E-state index contributed by atoms with van der Waals surface area (Å²) in [6, 6.07) is 0. The Morgan fingerprint density at radius 2 is 2.32 bits per heavy atom. The largest absolute Gasteiger partial charge is 0.384 e. The van der Waals surface area contributed by atoms with Crippen LogP contribution in [0.5, 0.6) is 0 Å². The Kier molecular flexibility index (Phi) is 3.81. The molecule has 1 N–H and O–H groups in total. The van der Waals surface area contributed by atoms with Gasteiger partial charge in [-0.05, 0) is 31.7 Å². The first-order chi connectivity index (χ1) is 9.26. The van der Waals surface area contributed by atoms with Crippen molar-refractivity contribution in [1.82, 2.24) is 10.2 Å². The van der Waals surface area contributed by atoms with E-state index < -0.39 is 0 Å². The van der Waals surface area contributed by atoms with E-state index in [0.717, 1.165) is 45.6 Å². The van der Waals surface area contributed by atoms with Gasteiger partial charge < -0.3 is 15.0 Å². The Hall–Kier alpha value is -0.610. The number of amides is 1. The number of methoxy groups -OCH3 is 1. The maximum absolute atomic E-state index is 13.0. The molecule has 2 aliphatic heterocycles. The molecule has 0 radical (unpaired) electrons. The van der Waals surface area contributed by atoms with Crippen molar-refractivity contribution >= 4 is 5.91 Å². The zero-order valence-electron chi connectivity index (χ0n) is 12.0. The summed E-state index contributed by atoms with van der Waals surface area (Å²) in [7, 11) is 1.75. The van der Waals surface area contributed by atoms with E-state index in [-0.39, 0.29) is 5.41 Å². The van der Waals surface area contributed by atoms with E-state index in [1.54, 1.807) is 7.11 Å². The lowest BCUT2D eigenvalue weighted by atomic mass is 9.67. The second-order valence-electron chi connectivity index (χ2n) is 6.59. The van der Waals surface area contributed by atoms with Gasteiger partial charge >= 0.3 is 0 Å². The van der Waals surface area contributed by atoms with Crippen LogP contribution in [0.1, 0.15) is 32.1 Å². The summed E-state index contributed by atoms with van der Waals surface area (Å²) in [4.78, 5) is 15.1. The van der Waals surface area contributed by atoms with Crippen molar-refractivity contribution in [2.24, 2.45) is 17.3 Å². The molecule has 2 saturated heterocycles. The quantitative estimate of drug-likeness (QED) is 0.836. The first kappa shape index (κ1) is 13.4. The van der Waals surface area contributed by atoms with Gasteiger partial charge in [-0.3, -0.25) is 4.79 Å². The van der Waals surface area contributed by atoms with Crippen molar-refractivity contribution in [3.05, 3.63) is 0 Å². The van der Waals surface area contributed by atoms with Crippen molar-refractivity contribution in [2.45, 2.75) is 32.1 Å². The molecule has 0 aromatic rings. The van der Waals surface area contributed by atoms with Gasteiger partial charge in [0.15, 0.2) is 0 Å².